The quantitative estimate of drug-likeness (QED) is 0.813. The van der Waals surface area contributed by atoms with Crippen molar-refractivity contribution >= 4 is 23.7 Å². The number of likely N-dealkylation sites (tertiary alicyclic amines) is 1. The Bertz CT molecular complexity index is 613. The summed E-state index contributed by atoms with van der Waals surface area (Å²) in [4.78, 5) is 13.9. The molecule has 1 amide bonds. The molecule has 1 unspecified atom stereocenters. The van der Waals surface area contributed by atoms with E-state index in [1.807, 2.05) is 36.4 Å². The molecule has 6 heteroatoms. The molecule has 2 aromatic rings. The van der Waals surface area contributed by atoms with E-state index in [-0.39, 0.29) is 12.0 Å². The van der Waals surface area contributed by atoms with Gasteiger partial charge in [-0.15, -0.1) is 4.37 Å². The molecule has 0 N–H and O–H groups in total. The van der Waals surface area contributed by atoms with Gasteiger partial charge < -0.3 is 9.64 Å². The van der Waals surface area contributed by atoms with E-state index in [0.29, 0.717) is 19.0 Å². The van der Waals surface area contributed by atoms with E-state index in [2.05, 4.69) is 8.75 Å². The molecule has 0 bridgehead atoms. The monoisotopic (exact) mass is 301 g/mol. The third-order valence-corrected chi connectivity index (χ3v) is 3.76. The number of carbonyl (C=O) groups is 1. The van der Waals surface area contributed by atoms with Crippen LogP contribution in [0.3, 0.4) is 0 Å². The zero-order chi connectivity index (χ0) is 14.5. The number of hydrogen-bond acceptors (Lipinski definition) is 5. The zero-order valence-electron chi connectivity index (χ0n) is 11.4. The van der Waals surface area contributed by atoms with E-state index in [0.717, 1.165) is 23.7 Å². The van der Waals surface area contributed by atoms with Crippen molar-refractivity contribution in [3.05, 3.63) is 48.2 Å². The summed E-state index contributed by atoms with van der Waals surface area (Å²) in [5.74, 6) is 0.556. The fraction of sp³-hybridized carbons (Fsp3) is 0.267. The number of rotatable bonds is 4. The Hall–Kier alpha value is -2.21. The summed E-state index contributed by atoms with van der Waals surface area (Å²) in [7, 11) is 0. The fourth-order valence-electron chi connectivity index (χ4n) is 2.24. The number of aromatic nitrogens is 2. The van der Waals surface area contributed by atoms with E-state index in [9.17, 15) is 4.79 Å². The lowest BCUT2D eigenvalue weighted by atomic mass is 10.2. The Kier molecular flexibility index (Phi) is 4.25. The fourth-order valence-corrected chi connectivity index (χ4v) is 2.60. The standard InChI is InChI=1S/C15H15N3O2S/c19-15(7-6-12-4-2-1-3-5-12)18-9-8-13(11-18)20-14-10-16-21-17-14/h1-7,10,13H,8-9,11H2/b7-6+. The van der Waals surface area contributed by atoms with E-state index in [1.165, 1.54) is 0 Å². The maximum absolute atomic E-state index is 12.1. The predicted octanol–water partition coefficient (Wildman–Crippen LogP) is 2.23. The van der Waals surface area contributed by atoms with E-state index in [4.69, 9.17) is 4.74 Å². The summed E-state index contributed by atoms with van der Waals surface area (Å²) in [6, 6.07) is 9.79. The van der Waals surface area contributed by atoms with Gasteiger partial charge in [0.1, 0.15) is 12.3 Å². The van der Waals surface area contributed by atoms with Crippen LogP contribution >= 0.6 is 11.7 Å². The van der Waals surface area contributed by atoms with Crippen LogP contribution < -0.4 is 4.74 Å². The van der Waals surface area contributed by atoms with Gasteiger partial charge in [0.05, 0.1) is 18.3 Å². The van der Waals surface area contributed by atoms with Crippen molar-refractivity contribution in [2.75, 3.05) is 13.1 Å². The first kappa shape index (κ1) is 13.8. The van der Waals surface area contributed by atoms with Crippen LogP contribution in [0.15, 0.2) is 42.6 Å². The van der Waals surface area contributed by atoms with Crippen LogP contribution in [0.4, 0.5) is 0 Å². The smallest absolute Gasteiger partial charge is 0.246 e. The largest absolute Gasteiger partial charge is 0.471 e. The Balaban J connectivity index is 1.53. The number of hydrogen-bond donors (Lipinski definition) is 0. The molecule has 0 spiro atoms. The summed E-state index contributed by atoms with van der Waals surface area (Å²) in [6.07, 6.45) is 5.87. The number of benzene rings is 1. The lowest BCUT2D eigenvalue weighted by Crippen LogP contribution is -2.29. The van der Waals surface area contributed by atoms with Crippen molar-refractivity contribution < 1.29 is 9.53 Å². The molecule has 21 heavy (non-hydrogen) atoms. The summed E-state index contributed by atoms with van der Waals surface area (Å²) in [6.45, 7) is 1.30. The van der Waals surface area contributed by atoms with Crippen molar-refractivity contribution in [2.45, 2.75) is 12.5 Å². The predicted molar refractivity (Wildman–Crippen MR) is 81.0 cm³/mol. The van der Waals surface area contributed by atoms with Crippen molar-refractivity contribution in [2.24, 2.45) is 0 Å². The average Bonchev–Trinajstić information content (AvgIpc) is 3.18. The van der Waals surface area contributed by atoms with Crippen LogP contribution in [0.5, 0.6) is 5.88 Å². The number of amides is 1. The highest BCUT2D eigenvalue weighted by molar-refractivity contribution is 6.99. The molecule has 1 aliphatic heterocycles. The number of nitrogens with zero attached hydrogens (tertiary/aromatic N) is 3. The van der Waals surface area contributed by atoms with Gasteiger partial charge in [-0.3, -0.25) is 4.79 Å². The number of ether oxygens (including phenoxy) is 1. The SMILES string of the molecule is O=C(/C=C/c1ccccc1)N1CCC(Oc2cnsn2)C1. The van der Waals surface area contributed by atoms with Crippen LogP contribution in [0.2, 0.25) is 0 Å². The Morgan fingerprint density at radius 2 is 2.24 bits per heavy atom. The minimum absolute atomic E-state index is 0.00275. The maximum atomic E-state index is 12.1. The maximum Gasteiger partial charge on any atom is 0.246 e. The second-order valence-corrected chi connectivity index (χ2v) is 5.36. The van der Waals surface area contributed by atoms with Crippen molar-refractivity contribution in [1.82, 2.24) is 13.6 Å². The molecule has 3 rings (SSSR count). The minimum atomic E-state index is 0.00275. The molecule has 0 saturated carbocycles. The van der Waals surface area contributed by atoms with Gasteiger partial charge in [0, 0.05) is 19.0 Å². The Labute approximate surface area is 127 Å². The van der Waals surface area contributed by atoms with Gasteiger partial charge in [-0.1, -0.05) is 30.3 Å². The second-order valence-electron chi connectivity index (χ2n) is 4.80. The van der Waals surface area contributed by atoms with Gasteiger partial charge in [-0.25, -0.2) is 0 Å². The second kappa shape index (κ2) is 6.49. The molecule has 1 atom stereocenters. The third-order valence-electron chi connectivity index (χ3n) is 3.30. The molecular formula is C15H15N3O2S. The van der Waals surface area contributed by atoms with Gasteiger partial charge >= 0.3 is 0 Å². The average molecular weight is 301 g/mol. The molecule has 1 aromatic carbocycles. The molecule has 2 heterocycles. The molecule has 0 aliphatic carbocycles. The first-order valence-corrected chi connectivity index (χ1v) is 7.50. The van der Waals surface area contributed by atoms with Crippen LogP contribution in [0.1, 0.15) is 12.0 Å². The topological polar surface area (TPSA) is 55.3 Å². The van der Waals surface area contributed by atoms with E-state index in [1.54, 1.807) is 17.2 Å². The molecule has 108 valence electrons. The molecule has 0 radical (unpaired) electrons. The first-order valence-electron chi connectivity index (χ1n) is 6.77. The Morgan fingerprint density at radius 3 is 3.00 bits per heavy atom. The number of carbonyl (C=O) groups excluding carboxylic acids is 1. The zero-order valence-corrected chi connectivity index (χ0v) is 12.2. The van der Waals surface area contributed by atoms with E-state index >= 15 is 0 Å². The lowest BCUT2D eigenvalue weighted by Gasteiger charge is -2.14. The van der Waals surface area contributed by atoms with Crippen molar-refractivity contribution in [3.63, 3.8) is 0 Å². The summed E-state index contributed by atoms with van der Waals surface area (Å²) in [5, 5.41) is 0. The Morgan fingerprint density at radius 1 is 1.38 bits per heavy atom. The summed E-state index contributed by atoms with van der Waals surface area (Å²) >= 11 is 1.12. The van der Waals surface area contributed by atoms with Gasteiger partial charge in [0.25, 0.3) is 0 Å². The van der Waals surface area contributed by atoms with Crippen LogP contribution in [-0.2, 0) is 4.79 Å². The lowest BCUT2D eigenvalue weighted by molar-refractivity contribution is -0.125. The third kappa shape index (κ3) is 3.66. The highest BCUT2D eigenvalue weighted by Crippen LogP contribution is 2.17. The van der Waals surface area contributed by atoms with Crippen LogP contribution in [0, 0.1) is 0 Å². The van der Waals surface area contributed by atoms with Gasteiger partial charge in [0.2, 0.25) is 11.8 Å². The molecule has 1 aromatic heterocycles. The van der Waals surface area contributed by atoms with Crippen LogP contribution in [-0.4, -0.2) is 38.7 Å². The molecule has 1 fully saturated rings. The molecule has 5 nitrogen and oxygen atoms in total. The minimum Gasteiger partial charge on any atom is -0.471 e. The van der Waals surface area contributed by atoms with Gasteiger partial charge in [-0.2, -0.15) is 4.37 Å². The molecule has 1 saturated heterocycles. The van der Waals surface area contributed by atoms with Crippen molar-refractivity contribution in [1.29, 1.82) is 0 Å². The van der Waals surface area contributed by atoms with E-state index < -0.39 is 0 Å². The normalized spacial score (nSPS) is 18.3. The van der Waals surface area contributed by atoms with Gasteiger partial charge in [0.15, 0.2) is 0 Å². The van der Waals surface area contributed by atoms with Crippen molar-refractivity contribution in [3.8, 4) is 5.88 Å². The first-order chi connectivity index (χ1) is 10.3. The summed E-state index contributed by atoms with van der Waals surface area (Å²) < 4.78 is 13.6. The highest BCUT2D eigenvalue weighted by Gasteiger charge is 2.26. The molecular weight excluding hydrogens is 286 g/mol. The van der Waals surface area contributed by atoms with Gasteiger partial charge in [-0.05, 0) is 11.6 Å². The summed E-state index contributed by atoms with van der Waals surface area (Å²) in [5.41, 5.74) is 1.02. The van der Waals surface area contributed by atoms with Crippen LogP contribution in [0.25, 0.3) is 6.08 Å². The molecule has 1 aliphatic rings. The highest BCUT2D eigenvalue weighted by atomic mass is 32.1.